The fourth-order valence-electron chi connectivity index (χ4n) is 13.9. The van der Waals surface area contributed by atoms with Gasteiger partial charge in [0, 0.05) is 38.5 Å². The van der Waals surface area contributed by atoms with Crippen molar-refractivity contribution in [2.24, 2.45) is 0 Å². The summed E-state index contributed by atoms with van der Waals surface area (Å²) in [6, 6.07) is 103. The molecule has 0 saturated carbocycles. The van der Waals surface area contributed by atoms with Crippen LogP contribution in [-0.4, -0.2) is 35.5 Å². The van der Waals surface area contributed by atoms with Crippen molar-refractivity contribution >= 4 is 121 Å². The summed E-state index contributed by atoms with van der Waals surface area (Å²) in [6.07, 6.45) is 1.92. The summed E-state index contributed by atoms with van der Waals surface area (Å²) in [5.74, 6) is 2.10. The summed E-state index contributed by atoms with van der Waals surface area (Å²) in [6.45, 7) is 23.4. The maximum atomic E-state index is 7.14. The number of benzene rings is 11. The number of rotatable bonds is 10. The molecule has 0 bridgehead atoms. The van der Waals surface area contributed by atoms with E-state index in [2.05, 4.69) is 349 Å². The van der Waals surface area contributed by atoms with Crippen molar-refractivity contribution in [2.45, 2.75) is 72.0 Å². The average molecular weight is 1440 g/mol. The van der Waals surface area contributed by atoms with Crippen LogP contribution in [0.3, 0.4) is 0 Å². The van der Waals surface area contributed by atoms with Crippen molar-refractivity contribution in [2.75, 3.05) is 4.90 Å². The van der Waals surface area contributed by atoms with E-state index in [-0.39, 0.29) is 31.9 Å². The van der Waals surface area contributed by atoms with Gasteiger partial charge in [0.25, 0.3) is 0 Å². The van der Waals surface area contributed by atoms with Crippen LogP contribution in [0.15, 0.2) is 261 Å². The minimum Gasteiger partial charge on any atom is 0 e. The zero-order valence-electron chi connectivity index (χ0n) is 52.9. The molecule has 0 fully saturated rings. The van der Waals surface area contributed by atoms with E-state index >= 15 is 0 Å². The number of hydrogen-bond acceptors (Lipinski definition) is 3. The number of fused-ring (bicyclic) bond motifs is 10. The van der Waals surface area contributed by atoms with E-state index in [9.17, 15) is 0 Å². The Morgan fingerprint density at radius 2 is 0.989 bits per heavy atom. The van der Waals surface area contributed by atoms with Crippen LogP contribution < -0.4 is 32.4 Å². The average Bonchev–Trinajstić information content (AvgIpc) is 1.71. The van der Waals surface area contributed by atoms with Crippen LogP contribution in [0.25, 0.3) is 82.1 Å². The third-order valence-corrected chi connectivity index (χ3v) is 30.5. The van der Waals surface area contributed by atoms with Crippen LogP contribution in [0.1, 0.15) is 52.7 Å². The van der Waals surface area contributed by atoms with Gasteiger partial charge in [0.1, 0.15) is 5.82 Å². The zero-order valence-corrected chi connectivity index (χ0v) is 58.3. The summed E-state index contributed by atoms with van der Waals surface area (Å²) < 4.78 is 17.4. The Bertz CT molecular complexity index is 5110. The van der Waals surface area contributed by atoms with Crippen LogP contribution in [0.4, 0.5) is 11.4 Å². The molecule has 0 saturated heterocycles. The molecule has 0 spiro atoms. The number of para-hydroxylation sites is 3. The minimum absolute atomic E-state index is 0. The monoisotopic (exact) mass is 1440 g/mol. The molecule has 0 atom stereocenters. The van der Waals surface area contributed by atoms with Gasteiger partial charge in [-0.2, -0.15) is 6.07 Å². The Balaban J connectivity index is 0.00000721. The number of pyridine rings is 1. The van der Waals surface area contributed by atoms with E-state index in [0.717, 1.165) is 66.4 Å². The van der Waals surface area contributed by atoms with Gasteiger partial charge < -0.3 is 4.57 Å². The van der Waals surface area contributed by atoms with E-state index in [1.807, 2.05) is 6.20 Å². The molecule has 4 heterocycles. The summed E-state index contributed by atoms with van der Waals surface area (Å²) >= 11 is -3.83. The molecule has 5 nitrogen and oxygen atoms in total. The second-order valence-electron chi connectivity index (χ2n) is 27.3. The zero-order chi connectivity index (χ0) is 61.7. The minimum atomic E-state index is -3.83. The molecule has 3 aromatic heterocycles. The third kappa shape index (κ3) is 10.4. The third-order valence-electron chi connectivity index (χ3n) is 18.5. The normalized spacial score (nSPS) is 12.6. The van der Waals surface area contributed by atoms with Gasteiger partial charge in [-0.25, -0.2) is 4.98 Å². The standard InChI is InChI=1S/C83H71GeN4OSi.Pt/c1-82(2,3)57-45-46-85-79(50-57)88-76-41-24-23-37-72(76)73-44-43-64(54-78(73)88)89-65-51-63(52-66(53-65)90(7,8)9)86-55-87-80-67(38-25-39-74(80)70-35-21-19-33-68(70)69-34-20-22-36-71(69)75-40-26-42-77(86)81(75)87)56-47-58(83(4,5)6)49-62(48-56)84(59-27-13-10-14-28-59,60-29-15-11-16-30-60)61-31-17-12-18-32-61;/h10-50,52-53,55H,1-9H3;/q-3;. The van der Waals surface area contributed by atoms with Gasteiger partial charge in [0.2, 0.25) is 0 Å². The van der Waals surface area contributed by atoms with Crippen molar-refractivity contribution in [3.05, 3.63) is 291 Å². The first-order valence-corrected chi connectivity index (χ1v) is 39.1. The summed E-state index contributed by atoms with van der Waals surface area (Å²) in [5.41, 5.74) is 10.7. The molecule has 0 unspecified atom stereocenters. The number of ether oxygens (including phenoxy) is 1. The van der Waals surface area contributed by atoms with E-state index in [4.69, 9.17) is 9.72 Å². The van der Waals surface area contributed by atoms with Crippen molar-refractivity contribution in [1.82, 2.24) is 14.1 Å². The van der Waals surface area contributed by atoms with Crippen molar-refractivity contribution < 1.29 is 25.8 Å². The molecule has 1 aliphatic heterocycles. The number of nitrogens with zero attached hydrogens (tertiary/aromatic N) is 4. The molecule has 11 aromatic carbocycles. The van der Waals surface area contributed by atoms with Crippen molar-refractivity contribution in [3.63, 3.8) is 0 Å². The van der Waals surface area contributed by atoms with Gasteiger partial charge in [-0.15, -0.1) is 17.5 Å². The van der Waals surface area contributed by atoms with Gasteiger partial charge in [0.15, 0.2) is 0 Å². The second kappa shape index (κ2) is 23.1. The molecular weight excluding hydrogens is 1360 g/mol. The molecule has 0 aliphatic carbocycles. The molecule has 14 aromatic rings. The molecule has 8 heteroatoms. The molecular formula is C83H71GeN4OPtSi-3. The van der Waals surface area contributed by atoms with Crippen LogP contribution in [0.2, 0.25) is 19.6 Å². The number of anilines is 2. The van der Waals surface area contributed by atoms with Crippen LogP contribution in [0.5, 0.6) is 11.5 Å². The fraction of sp³-hybridized carbons (Fsp3) is 0.133. The van der Waals surface area contributed by atoms with Crippen molar-refractivity contribution in [3.8, 4) is 28.4 Å². The van der Waals surface area contributed by atoms with Gasteiger partial charge in [-0.3, -0.25) is 0 Å². The number of hydrogen-bond donors (Lipinski definition) is 0. The van der Waals surface area contributed by atoms with Gasteiger partial charge in [0.05, 0.1) is 0 Å². The molecule has 91 heavy (non-hydrogen) atoms. The van der Waals surface area contributed by atoms with Gasteiger partial charge >= 0.3 is 381 Å². The molecule has 0 N–H and O–H groups in total. The predicted octanol–water partition coefficient (Wildman–Crippen LogP) is 18.4. The maximum Gasteiger partial charge on any atom is 0 e. The first-order valence-electron chi connectivity index (χ1n) is 31.4. The maximum absolute atomic E-state index is 7.14. The Kier molecular flexibility index (Phi) is 15.1. The van der Waals surface area contributed by atoms with Crippen molar-refractivity contribution in [1.29, 1.82) is 0 Å². The molecule has 0 amide bonds. The molecule has 450 valence electrons. The van der Waals surface area contributed by atoms with E-state index < -0.39 is 21.3 Å². The largest absolute Gasteiger partial charge is 0 e. The SMILES string of the molecule is CC(C)(C)c1cc(-c2cccc3c4ccccc4c4ccccc4c4cccc5c4n(c23)[CH-]N5c2[c-]c(Oc3[c-]c4c(cc3)c3ccccc3n4-c3cc(C(C)(C)C)ccn3)cc([Si](C)(C)C)c2)c[c]([Ge]([c]2ccccc2)([c]2ccccc2)[c]2ccccc2)c1.[Pt]. The Labute approximate surface area is 552 Å². The molecule has 15 rings (SSSR count). The first kappa shape index (κ1) is 59.7. The summed E-state index contributed by atoms with van der Waals surface area (Å²) in [4.78, 5) is 7.34. The Morgan fingerprint density at radius 1 is 0.451 bits per heavy atom. The van der Waals surface area contributed by atoms with Gasteiger partial charge in [-0.05, 0) is 34.6 Å². The summed E-state index contributed by atoms with van der Waals surface area (Å²) in [7, 11) is -2.03. The summed E-state index contributed by atoms with van der Waals surface area (Å²) in [5, 5.41) is 10.5. The van der Waals surface area contributed by atoms with Crippen LogP contribution in [0, 0.1) is 18.8 Å². The first-order chi connectivity index (χ1) is 43.5. The number of aromatic nitrogens is 3. The van der Waals surface area contributed by atoms with E-state index in [0.29, 0.717) is 11.5 Å². The Morgan fingerprint density at radius 3 is 1.58 bits per heavy atom. The predicted molar refractivity (Wildman–Crippen MR) is 386 cm³/mol. The molecule has 0 radical (unpaired) electrons. The molecule has 1 aliphatic rings. The quantitative estimate of drug-likeness (QED) is 0.101. The second-order valence-corrected chi connectivity index (χ2v) is 40.3. The van der Waals surface area contributed by atoms with Crippen LogP contribution in [-0.2, 0) is 31.9 Å². The smallest absolute Gasteiger partial charge is 0 e. The van der Waals surface area contributed by atoms with E-state index in [1.165, 1.54) is 61.0 Å². The van der Waals surface area contributed by atoms with Gasteiger partial charge in [-0.1, -0.05) is 64.1 Å². The van der Waals surface area contributed by atoms with E-state index in [1.54, 1.807) is 0 Å². The Hall–Kier alpha value is -8.91. The fourth-order valence-corrected chi connectivity index (χ4v) is 25.1. The topological polar surface area (TPSA) is 35.2 Å². The van der Waals surface area contributed by atoms with Crippen LogP contribution >= 0.6 is 0 Å².